The van der Waals surface area contributed by atoms with Gasteiger partial charge in [0.1, 0.15) is 24.1 Å². The van der Waals surface area contributed by atoms with E-state index in [1.807, 2.05) is 51.1 Å². The average Bonchev–Trinajstić information content (AvgIpc) is 2.93. The first-order valence-corrected chi connectivity index (χ1v) is 7.72. The molecule has 5 heteroatoms. The molecular weight excluding hydrogens is 282 g/mol. The second-order valence-corrected chi connectivity index (χ2v) is 6.57. The molecule has 122 valence electrons. The quantitative estimate of drug-likeness (QED) is 0.929. The molecule has 22 heavy (non-hydrogen) atoms. The van der Waals surface area contributed by atoms with Crippen LogP contribution in [0.15, 0.2) is 30.3 Å². The lowest BCUT2D eigenvalue weighted by Crippen LogP contribution is -2.46. The molecule has 0 bridgehead atoms. The summed E-state index contributed by atoms with van der Waals surface area (Å²) in [5, 5.41) is 10.4. The van der Waals surface area contributed by atoms with E-state index in [1.165, 1.54) is 0 Å². The molecule has 1 unspecified atom stereocenters. The van der Waals surface area contributed by atoms with Crippen LogP contribution < -0.4 is 4.74 Å². The van der Waals surface area contributed by atoms with Crippen LogP contribution in [0.25, 0.3) is 0 Å². The highest BCUT2D eigenvalue weighted by Crippen LogP contribution is 2.23. The Morgan fingerprint density at radius 2 is 2.05 bits per heavy atom. The van der Waals surface area contributed by atoms with Crippen molar-refractivity contribution in [2.24, 2.45) is 0 Å². The Hall–Kier alpha value is -1.75. The second kappa shape index (κ2) is 7.01. The molecule has 0 aromatic heterocycles. The Kier molecular flexibility index (Phi) is 5.29. The average molecular weight is 307 g/mol. The zero-order valence-corrected chi connectivity index (χ0v) is 13.5. The molecule has 2 rings (SSSR count). The van der Waals surface area contributed by atoms with Gasteiger partial charge in [-0.1, -0.05) is 18.2 Å². The van der Waals surface area contributed by atoms with Gasteiger partial charge in [-0.2, -0.15) is 0 Å². The Morgan fingerprint density at radius 3 is 2.68 bits per heavy atom. The highest BCUT2D eigenvalue weighted by atomic mass is 16.6. The van der Waals surface area contributed by atoms with E-state index in [4.69, 9.17) is 9.47 Å². The minimum Gasteiger partial charge on any atom is -0.491 e. The molecule has 1 aliphatic rings. The number of carbonyl (C=O) groups is 1. The molecule has 1 fully saturated rings. The summed E-state index contributed by atoms with van der Waals surface area (Å²) in [6, 6.07) is 9.09. The predicted molar refractivity (Wildman–Crippen MR) is 83.9 cm³/mol. The van der Waals surface area contributed by atoms with E-state index in [0.717, 1.165) is 12.8 Å². The summed E-state index contributed by atoms with van der Waals surface area (Å²) < 4.78 is 11.0. The van der Waals surface area contributed by atoms with E-state index in [2.05, 4.69) is 0 Å². The van der Waals surface area contributed by atoms with Crippen molar-refractivity contribution in [2.75, 3.05) is 13.2 Å². The summed E-state index contributed by atoms with van der Waals surface area (Å²) >= 11 is 0. The third-order valence-corrected chi connectivity index (χ3v) is 3.54. The van der Waals surface area contributed by atoms with E-state index >= 15 is 0 Å². The van der Waals surface area contributed by atoms with Crippen LogP contribution in [0.2, 0.25) is 0 Å². The summed E-state index contributed by atoms with van der Waals surface area (Å²) in [5.41, 5.74) is -0.532. The summed E-state index contributed by atoms with van der Waals surface area (Å²) in [6.07, 6.45) is 0.536. The summed E-state index contributed by atoms with van der Waals surface area (Å²) in [4.78, 5) is 13.8. The topological polar surface area (TPSA) is 59.0 Å². The predicted octanol–water partition coefficient (Wildman–Crippen LogP) is 2.83. The normalized spacial score (nSPS) is 19.8. The van der Waals surface area contributed by atoms with Gasteiger partial charge in [-0.15, -0.1) is 0 Å². The van der Waals surface area contributed by atoms with Crippen LogP contribution in [0.5, 0.6) is 5.75 Å². The molecule has 5 nitrogen and oxygen atoms in total. The van der Waals surface area contributed by atoms with Crippen LogP contribution in [-0.2, 0) is 4.74 Å². The highest BCUT2D eigenvalue weighted by molar-refractivity contribution is 5.69. The molecule has 1 aromatic carbocycles. The van der Waals surface area contributed by atoms with Gasteiger partial charge >= 0.3 is 6.09 Å². The van der Waals surface area contributed by atoms with Gasteiger partial charge in [0.05, 0.1) is 6.04 Å². The zero-order chi connectivity index (χ0) is 16.2. The van der Waals surface area contributed by atoms with E-state index in [0.29, 0.717) is 12.3 Å². The highest BCUT2D eigenvalue weighted by Gasteiger charge is 2.36. The molecule has 0 spiro atoms. The molecule has 1 N–H and O–H groups in total. The Labute approximate surface area is 131 Å². The smallest absolute Gasteiger partial charge is 0.410 e. The van der Waals surface area contributed by atoms with Gasteiger partial charge in [0.25, 0.3) is 0 Å². The number of hydrogen-bond acceptors (Lipinski definition) is 4. The van der Waals surface area contributed by atoms with Crippen LogP contribution >= 0.6 is 0 Å². The van der Waals surface area contributed by atoms with Crippen LogP contribution in [0.3, 0.4) is 0 Å². The minimum absolute atomic E-state index is 0.161. The number of aliphatic hydroxyl groups is 1. The molecule has 1 aliphatic heterocycles. The number of nitrogens with zero attached hydrogens (tertiary/aromatic N) is 1. The number of likely N-dealkylation sites (tertiary alicyclic amines) is 1. The molecule has 0 radical (unpaired) electrons. The Morgan fingerprint density at radius 1 is 1.36 bits per heavy atom. The van der Waals surface area contributed by atoms with Crippen LogP contribution in [-0.4, -0.2) is 47.0 Å². The van der Waals surface area contributed by atoms with Crippen LogP contribution in [0, 0.1) is 0 Å². The maximum Gasteiger partial charge on any atom is 0.410 e. The van der Waals surface area contributed by atoms with Crippen molar-refractivity contribution in [2.45, 2.75) is 51.4 Å². The van der Waals surface area contributed by atoms with Crippen LogP contribution in [0.4, 0.5) is 4.79 Å². The zero-order valence-electron chi connectivity index (χ0n) is 13.5. The van der Waals surface area contributed by atoms with Gasteiger partial charge in [0, 0.05) is 6.54 Å². The lowest BCUT2D eigenvalue weighted by molar-refractivity contribution is -0.00353. The summed E-state index contributed by atoms with van der Waals surface area (Å²) in [6.45, 7) is 6.29. The van der Waals surface area contributed by atoms with Gasteiger partial charge in [-0.05, 0) is 45.7 Å². The number of carbonyl (C=O) groups excluding carboxylic acids is 1. The molecule has 1 heterocycles. The molecule has 2 atom stereocenters. The van der Waals surface area contributed by atoms with Crippen LogP contribution in [0.1, 0.15) is 33.6 Å². The monoisotopic (exact) mass is 307 g/mol. The SMILES string of the molecule is CC(C)(C)OC(=O)N1CCC[C@@H]1C(O)COc1ccccc1. The second-order valence-electron chi connectivity index (χ2n) is 6.57. The number of aliphatic hydroxyl groups excluding tert-OH is 1. The summed E-state index contributed by atoms with van der Waals surface area (Å²) in [7, 11) is 0. The van der Waals surface area contributed by atoms with Crippen molar-refractivity contribution < 1.29 is 19.4 Å². The van der Waals surface area contributed by atoms with E-state index in [1.54, 1.807) is 4.90 Å². The molecular formula is C17H25NO4. The first kappa shape index (κ1) is 16.6. The van der Waals surface area contributed by atoms with Crippen molar-refractivity contribution in [3.63, 3.8) is 0 Å². The third-order valence-electron chi connectivity index (χ3n) is 3.54. The van der Waals surface area contributed by atoms with E-state index in [9.17, 15) is 9.90 Å². The van der Waals surface area contributed by atoms with Gasteiger partial charge in [-0.25, -0.2) is 4.79 Å². The minimum atomic E-state index is -0.727. The van der Waals surface area contributed by atoms with Crippen molar-refractivity contribution in [3.05, 3.63) is 30.3 Å². The number of benzene rings is 1. The molecule has 0 aliphatic carbocycles. The summed E-state index contributed by atoms with van der Waals surface area (Å²) in [5.74, 6) is 0.711. The number of hydrogen-bond donors (Lipinski definition) is 1. The van der Waals surface area contributed by atoms with Gasteiger partial charge in [0.15, 0.2) is 0 Å². The van der Waals surface area contributed by atoms with Crippen molar-refractivity contribution in [1.82, 2.24) is 4.90 Å². The van der Waals surface area contributed by atoms with Crippen molar-refractivity contribution in [1.29, 1.82) is 0 Å². The maximum atomic E-state index is 12.2. The lowest BCUT2D eigenvalue weighted by Gasteiger charge is -2.31. The lowest BCUT2D eigenvalue weighted by atomic mass is 10.1. The van der Waals surface area contributed by atoms with Gasteiger partial charge in [-0.3, -0.25) is 0 Å². The van der Waals surface area contributed by atoms with E-state index in [-0.39, 0.29) is 18.7 Å². The fourth-order valence-corrected chi connectivity index (χ4v) is 2.55. The Balaban J connectivity index is 1.90. The molecule has 1 aromatic rings. The first-order chi connectivity index (χ1) is 10.4. The molecule has 0 saturated carbocycles. The number of para-hydroxylation sites is 1. The van der Waals surface area contributed by atoms with E-state index < -0.39 is 11.7 Å². The Bertz CT molecular complexity index is 483. The standard InChI is InChI=1S/C17H25NO4/c1-17(2,3)22-16(20)18-11-7-10-14(18)15(19)12-21-13-8-5-4-6-9-13/h4-6,8-9,14-15,19H,7,10-12H2,1-3H3/t14-,15?/m1/s1. The van der Waals surface area contributed by atoms with Gasteiger partial charge in [0.2, 0.25) is 0 Å². The number of ether oxygens (including phenoxy) is 2. The third kappa shape index (κ3) is 4.63. The number of rotatable bonds is 4. The molecule has 1 saturated heterocycles. The largest absolute Gasteiger partial charge is 0.491 e. The maximum absolute atomic E-state index is 12.2. The fourth-order valence-electron chi connectivity index (χ4n) is 2.55. The van der Waals surface area contributed by atoms with Gasteiger partial charge < -0.3 is 19.5 Å². The molecule has 1 amide bonds. The van der Waals surface area contributed by atoms with Crippen molar-refractivity contribution >= 4 is 6.09 Å². The first-order valence-electron chi connectivity index (χ1n) is 7.72. The fraction of sp³-hybridized carbons (Fsp3) is 0.588. The van der Waals surface area contributed by atoms with Crippen molar-refractivity contribution in [3.8, 4) is 5.75 Å². The number of amides is 1.